The lowest BCUT2D eigenvalue weighted by molar-refractivity contribution is 0.0773. The molecule has 1 fully saturated rings. The molecule has 212 valence electrons. The van der Waals surface area contributed by atoms with Crippen molar-refractivity contribution in [3.05, 3.63) is 125 Å². The first-order valence-corrected chi connectivity index (χ1v) is 14.6. The van der Waals surface area contributed by atoms with Gasteiger partial charge in [0.1, 0.15) is 11.5 Å². The maximum absolute atomic E-state index is 12.9. The molecule has 0 aromatic heterocycles. The molecular formula is C35H40N4O2. The summed E-state index contributed by atoms with van der Waals surface area (Å²) in [4.78, 5) is 17.3. The molecule has 1 atom stereocenters. The summed E-state index contributed by atoms with van der Waals surface area (Å²) in [5, 5.41) is 7.08. The number of piperazine rings is 1. The van der Waals surface area contributed by atoms with Gasteiger partial charge < -0.3 is 20.3 Å². The van der Waals surface area contributed by atoms with E-state index in [0.29, 0.717) is 13.1 Å². The summed E-state index contributed by atoms with van der Waals surface area (Å²) in [5.41, 5.74) is 5.45. The van der Waals surface area contributed by atoms with E-state index in [1.807, 2.05) is 73.3 Å². The number of para-hydroxylation sites is 1. The summed E-state index contributed by atoms with van der Waals surface area (Å²) in [7, 11) is 0. The molecule has 2 N–H and O–H groups in total. The average Bonchev–Trinajstić information content (AvgIpc) is 3.03. The lowest BCUT2D eigenvalue weighted by Gasteiger charge is -2.36. The van der Waals surface area contributed by atoms with E-state index in [4.69, 9.17) is 4.74 Å². The highest BCUT2D eigenvalue weighted by molar-refractivity contribution is 5.94. The van der Waals surface area contributed by atoms with Gasteiger partial charge in [-0.15, -0.1) is 0 Å². The highest BCUT2D eigenvalue weighted by atomic mass is 16.5. The minimum atomic E-state index is 0.0890. The van der Waals surface area contributed by atoms with E-state index in [2.05, 4.69) is 64.1 Å². The molecule has 4 aromatic rings. The molecule has 0 spiro atoms. The van der Waals surface area contributed by atoms with Crippen LogP contribution in [0.1, 0.15) is 46.9 Å². The maximum Gasteiger partial charge on any atom is 0.253 e. The topological polar surface area (TPSA) is 56.8 Å². The zero-order valence-electron chi connectivity index (χ0n) is 24.1. The number of rotatable bonds is 11. The number of ether oxygens (including phenoxy) is 1. The van der Waals surface area contributed by atoms with E-state index in [-0.39, 0.29) is 11.9 Å². The van der Waals surface area contributed by atoms with Crippen molar-refractivity contribution >= 4 is 11.6 Å². The lowest BCUT2D eigenvalue weighted by Crippen LogP contribution is -2.45. The fourth-order valence-electron chi connectivity index (χ4n) is 5.38. The van der Waals surface area contributed by atoms with Crippen LogP contribution in [0.3, 0.4) is 0 Å². The predicted octanol–water partition coefficient (Wildman–Crippen LogP) is 6.57. The third-order valence-corrected chi connectivity index (χ3v) is 7.64. The van der Waals surface area contributed by atoms with Gasteiger partial charge >= 0.3 is 0 Å². The van der Waals surface area contributed by atoms with Crippen molar-refractivity contribution in [2.45, 2.75) is 26.4 Å². The molecule has 1 heterocycles. The summed E-state index contributed by atoms with van der Waals surface area (Å²) in [5.74, 6) is 1.75. The Morgan fingerprint density at radius 2 is 1.51 bits per heavy atom. The number of carbonyl (C=O) groups excluding carboxylic acids is 1. The minimum absolute atomic E-state index is 0.0890. The molecule has 41 heavy (non-hydrogen) atoms. The van der Waals surface area contributed by atoms with Gasteiger partial charge in [0.25, 0.3) is 5.91 Å². The van der Waals surface area contributed by atoms with Crippen LogP contribution in [0.4, 0.5) is 5.69 Å². The molecule has 0 saturated carbocycles. The quantitative estimate of drug-likeness (QED) is 0.222. The van der Waals surface area contributed by atoms with Crippen molar-refractivity contribution in [2.75, 3.05) is 44.6 Å². The molecular weight excluding hydrogens is 508 g/mol. The van der Waals surface area contributed by atoms with Crippen LogP contribution in [0.2, 0.25) is 0 Å². The molecule has 1 saturated heterocycles. The Morgan fingerprint density at radius 3 is 2.20 bits per heavy atom. The van der Waals surface area contributed by atoms with Crippen molar-refractivity contribution in [1.82, 2.24) is 15.1 Å². The Morgan fingerprint density at radius 1 is 0.829 bits per heavy atom. The van der Waals surface area contributed by atoms with Crippen LogP contribution in [0.5, 0.6) is 11.5 Å². The molecule has 5 rings (SSSR count). The van der Waals surface area contributed by atoms with Crippen molar-refractivity contribution in [3.63, 3.8) is 0 Å². The monoisotopic (exact) mass is 548 g/mol. The number of amides is 1. The summed E-state index contributed by atoms with van der Waals surface area (Å²) < 4.78 is 5.93. The summed E-state index contributed by atoms with van der Waals surface area (Å²) in [6.07, 6.45) is 0. The highest BCUT2D eigenvalue weighted by Gasteiger charge is 2.24. The average molecular weight is 549 g/mol. The second kappa shape index (κ2) is 14.0. The molecule has 1 aliphatic rings. The van der Waals surface area contributed by atoms with E-state index in [9.17, 15) is 4.79 Å². The lowest BCUT2D eigenvalue weighted by atomic mass is 9.95. The fourth-order valence-corrected chi connectivity index (χ4v) is 5.38. The van der Waals surface area contributed by atoms with Crippen LogP contribution in [0.25, 0.3) is 0 Å². The standard InChI is InChI=1S/C35H40N4O2/c1-3-38(4-2)35(40)29-17-15-28(16-18-29)34(39-23-21-36-22-24-39)30-9-8-10-31(25-30)37-26-27-13-19-33(20-14-27)41-32-11-6-5-7-12-32/h5-20,25,34,36-37H,3-4,21-24,26H2,1-2H3. The van der Waals surface area contributed by atoms with Crippen LogP contribution in [0.15, 0.2) is 103 Å². The van der Waals surface area contributed by atoms with Gasteiger partial charge in [0.2, 0.25) is 0 Å². The van der Waals surface area contributed by atoms with Gasteiger partial charge in [-0.2, -0.15) is 0 Å². The van der Waals surface area contributed by atoms with Crippen LogP contribution in [0, 0.1) is 0 Å². The molecule has 6 nitrogen and oxygen atoms in total. The third-order valence-electron chi connectivity index (χ3n) is 7.64. The Hall–Kier alpha value is -4.13. The van der Waals surface area contributed by atoms with Gasteiger partial charge in [0.05, 0.1) is 6.04 Å². The predicted molar refractivity (Wildman–Crippen MR) is 167 cm³/mol. The summed E-state index contributed by atoms with van der Waals surface area (Å²) in [6.45, 7) is 10.1. The van der Waals surface area contributed by atoms with Gasteiger partial charge in [-0.05, 0) is 79.1 Å². The second-order valence-corrected chi connectivity index (χ2v) is 10.3. The zero-order chi connectivity index (χ0) is 28.4. The molecule has 6 heteroatoms. The van der Waals surface area contributed by atoms with Gasteiger partial charge in [-0.25, -0.2) is 0 Å². The molecule has 1 aliphatic heterocycles. The highest BCUT2D eigenvalue weighted by Crippen LogP contribution is 2.31. The number of hydrogen-bond acceptors (Lipinski definition) is 5. The zero-order valence-corrected chi connectivity index (χ0v) is 24.1. The van der Waals surface area contributed by atoms with Crippen molar-refractivity contribution in [2.24, 2.45) is 0 Å². The van der Waals surface area contributed by atoms with E-state index >= 15 is 0 Å². The molecule has 1 unspecified atom stereocenters. The Bertz CT molecular complexity index is 1380. The molecule has 0 aliphatic carbocycles. The van der Waals surface area contributed by atoms with Gasteiger partial charge in [-0.1, -0.05) is 54.6 Å². The van der Waals surface area contributed by atoms with Crippen molar-refractivity contribution < 1.29 is 9.53 Å². The van der Waals surface area contributed by atoms with E-state index in [0.717, 1.165) is 55.5 Å². The summed E-state index contributed by atoms with van der Waals surface area (Å²) >= 11 is 0. The number of anilines is 1. The Labute approximate surface area is 244 Å². The van der Waals surface area contributed by atoms with Crippen LogP contribution in [-0.2, 0) is 6.54 Å². The van der Waals surface area contributed by atoms with Crippen LogP contribution < -0.4 is 15.4 Å². The number of benzene rings is 4. The fraction of sp³-hybridized carbons (Fsp3) is 0.286. The largest absolute Gasteiger partial charge is 0.457 e. The molecule has 0 bridgehead atoms. The van der Waals surface area contributed by atoms with E-state index < -0.39 is 0 Å². The van der Waals surface area contributed by atoms with Gasteiger partial charge in [0.15, 0.2) is 0 Å². The number of nitrogens with zero attached hydrogens (tertiary/aromatic N) is 2. The molecule has 4 aromatic carbocycles. The number of hydrogen-bond donors (Lipinski definition) is 2. The maximum atomic E-state index is 12.9. The first-order valence-electron chi connectivity index (χ1n) is 14.6. The molecule has 1 amide bonds. The second-order valence-electron chi connectivity index (χ2n) is 10.3. The van der Waals surface area contributed by atoms with Gasteiger partial charge in [0, 0.05) is 57.1 Å². The first kappa shape index (κ1) is 28.4. The van der Waals surface area contributed by atoms with Crippen molar-refractivity contribution in [1.29, 1.82) is 0 Å². The smallest absolute Gasteiger partial charge is 0.253 e. The number of carbonyl (C=O) groups is 1. The minimum Gasteiger partial charge on any atom is -0.457 e. The Balaban J connectivity index is 1.30. The van der Waals surface area contributed by atoms with E-state index in [1.165, 1.54) is 16.7 Å². The van der Waals surface area contributed by atoms with Gasteiger partial charge in [-0.3, -0.25) is 9.69 Å². The molecule has 0 radical (unpaired) electrons. The van der Waals surface area contributed by atoms with Crippen LogP contribution >= 0.6 is 0 Å². The van der Waals surface area contributed by atoms with Crippen molar-refractivity contribution in [3.8, 4) is 11.5 Å². The Kier molecular flexibility index (Phi) is 9.68. The van der Waals surface area contributed by atoms with E-state index in [1.54, 1.807) is 0 Å². The number of nitrogens with one attached hydrogen (secondary N) is 2. The first-order chi connectivity index (χ1) is 20.1. The SMILES string of the molecule is CCN(CC)C(=O)c1ccc(C(c2cccc(NCc3ccc(Oc4ccccc4)cc3)c2)N2CCNCC2)cc1. The summed E-state index contributed by atoms with van der Waals surface area (Å²) in [6, 6.07) is 35.1. The third kappa shape index (κ3) is 7.34. The normalized spacial score (nSPS) is 14.3. The van der Waals surface area contributed by atoms with Crippen LogP contribution in [-0.4, -0.2) is 55.0 Å².